The normalized spacial score (nSPS) is 9.83. The Kier molecular flexibility index (Phi) is 3.49. The lowest BCUT2D eigenvalue weighted by atomic mass is 10.3. The first kappa shape index (κ1) is 12.0. The molecule has 0 atom stereocenters. The maximum absolute atomic E-state index is 8.66. The molecule has 0 aliphatic heterocycles. The number of aromatic nitrogens is 3. The molecule has 2 aromatic heterocycles. The summed E-state index contributed by atoms with van der Waals surface area (Å²) in [5, 5.41) is 8.66. The zero-order valence-electron chi connectivity index (χ0n) is 10.3. The molecule has 0 radical (unpaired) electrons. The van der Waals surface area contributed by atoms with E-state index in [9.17, 15) is 0 Å². The third kappa shape index (κ3) is 2.80. The summed E-state index contributed by atoms with van der Waals surface area (Å²) in [7, 11) is 1.92. The molecule has 0 spiro atoms. The summed E-state index contributed by atoms with van der Waals surface area (Å²) >= 11 is 0. The van der Waals surface area contributed by atoms with Crippen LogP contribution in [0.2, 0.25) is 0 Å². The molecule has 0 bridgehead atoms. The van der Waals surface area contributed by atoms with Crippen molar-refractivity contribution in [1.29, 1.82) is 5.26 Å². The number of nitriles is 1. The van der Waals surface area contributed by atoms with Crippen LogP contribution in [0.5, 0.6) is 0 Å². The first-order valence-electron chi connectivity index (χ1n) is 5.55. The minimum absolute atomic E-state index is 0.320. The second-order valence-electron chi connectivity index (χ2n) is 4.00. The number of hydrogen-bond acceptors (Lipinski definition) is 5. The van der Waals surface area contributed by atoms with E-state index >= 15 is 0 Å². The number of hydrogen-bond donors (Lipinski definition) is 0. The summed E-state index contributed by atoms with van der Waals surface area (Å²) in [6.45, 7) is 2.62. The van der Waals surface area contributed by atoms with Crippen molar-refractivity contribution in [1.82, 2.24) is 15.0 Å². The Morgan fingerprint density at radius 3 is 2.72 bits per heavy atom. The summed E-state index contributed by atoms with van der Waals surface area (Å²) in [5.41, 5.74) is 2.29. The fraction of sp³-hybridized carbons (Fsp3) is 0.231. The summed E-state index contributed by atoms with van der Waals surface area (Å²) in [4.78, 5) is 14.5. The highest BCUT2D eigenvalue weighted by atomic mass is 15.2. The molecule has 0 aliphatic rings. The molecule has 2 aromatic rings. The second kappa shape index (κ2) is 5.23. The van der Waals surface area contributed by atoms with E-state index in [-0.39, 0.29) is 0 Å². The Labute approximate surface area is 106 Å². The number of anilines is 1. The van der Waals surface area contributed by atoms with Gasteiger partial charge in [0.25, 0.3) is 0 Å². The molecule has 90 valence electrons. The average Bonchev–Trinajstić information content (AvgIpc) is 2.39. The molecular weight excluding hydrogens is 226 g/mol. The highest BCUT2D eigenvalue weighted by Crippen LogP contribution is 2.10. The van der Waals surface area contributed by atoms with Crippen LogP contribution < -0.4 is 4.90 Å². The standard InChI is InChI=1S/C13H13N5/c1-10-4-3-5-11(17-10)9-18(2)13-8-15-12(6-14)7-16-13/h3-5,7-8H,9H2,1-2H3. The van der Waals surface area contributed by atoms with E-state index in [2.05, 4.69) is 15.0 Å². The Bertz CT molecular complexity index is 571. The fourth-order valence-corrected chi connectivity index (χ4v) is 1.59. The van der Waals surface area contributed by atoms with Crippen LogP contribution in [0, 0.1) is 18.3 Å². The van der Waals surface area contributed by atoms with Gasteiger partial charge in [-0.25, -0.2) is 9.97 Å². The topological polar surface area (TPSA) is 65.7 Å². The van der Waals surface area contributed by atoms with Gasteiger partial charge in [-0.3, -0.25) is 4.98 Å². The first-order chi connectivity index (χ1) is 8.69. The third-order valence-electron chi connectivity index (χ3n) is 2.49. The molecule has 0 fully saturated rings. The SMILES string of the molecule is Cc1cccc(CN(C)c2cnc(C#N)cn2)n1. The maximum Gasteiger partial charge on any atom is 0.158 e. The van der Waals surface area contributed by atoms with Gasteiger partial charge in [0.15, 0.2) is 5.69 Å². The van der Waals surface area contributed by atoms with E-state index in [0.29, 0.717) is 12.2 Å². The zero-order chi connectivity index (χ0) is 13.0. The number of rotatable bonds is 3. The van der Waals surface area contributed by atoms with Crippen molar-refractivity contribution in [3.63, 3.8) is 0 Å². The minimum Gasteiger partial charge on any atom is -0.353 e. The molecule has 0 saturated heterocycles. The van der Waals surface area contributed by atoms with Crippen LogP contribution in [-0.4, -0.2) is 22.0 Å². The number of aryl methyl sites for hydroxylation is 1. The van der Waals surface area contributed by atoms with Gasteiger partial charge >= 0.3 is 0 Å². The van der Waals surface area contributed by atoms with Crippen LogP contribution in [0.1, 0.15) is 17.1 Å². The fourth-order valence-electron chi connectivity index (χ4n) is 1.59. The molecule has 0 saturated carbocycles. The predicted molar refractivity (Wildman–Crippen MR) is 67.8 cm³/mol. The summed E-state index contributed by atoms with van der Waals surface area (Å²) < 4.78 is 0. The molecule has 0 aliphatic carbocycles. The Morgan fingerprint density at radius 2 is 2.11 bits per heavy atom. The Morgan fingerprint density at radius 1 is 1.28 bits per heavy atom. The van der Waals surface area contributed by atoms with Gasteiger partial charge in [0, 0.05) is 12.7 Å². The van der Waals surface area contributed by atoms with Crippen LogP contribution in [0.25, 0.3) is 0 Å². The van der Waals surface area contributed by atoms with Crippen molar-refractivity contribution < 1.29 is 0 Å². The molecule has 2 rings (SSSR count). The summed E-state index contributed by atoms with van der Waals surface area (Å²) in [6.07, 6.45) is 3.06. The monoisotopic (exact) mass is 239 g/mol. The summed E-state index contributed by atoms with van der Waals surface area (Å²) in [5.74, 6) is 0.720. The van der Waals surface area contributed by atoms with Crippen LogP contribution in [0.3, 0.4) is 0 Å². The van der Waals surface area contributed by atoms with E-state index in [1.165, 1.54) is 6.20 Å². The molecule has 18 heavy (non-hydrogen) atoms. The largest absolute Gasteiger partial charge is 0.353 e. The van der Waals surface area contributed by atoms with Crippen molar-refractivity contribution in [3.8, 4) is 6.07 Å². The Balaban J connectivity index is 2.12. The predicted octanol–water partition coefficient (Wildman–Crippen LogP) is 1.69. The van der Waals surface area contributed by atoms with Crippen molar-refractivity contribution >= 4 is 5.82 Å². The molecule has 5 nitrogen and oxygen atoms in total. The van der Waals surface area contributed by atoms with Gasteiger partial charge in [-0.05, 0) is 19.1 Å². The smallest absolute Gasteiger partial charge is 0.158 e. The number of nitrogens with zero attached hydrogens (tertiary/aromatic N) is 5. The molecular formula is C13H13N5. The quantitative estimate of drug-likeness (QED) is 0.815. The Hall–Kier alpha value is -2.48. The lowest BCUT2D eigenvalue weighted by Crippen LogP contribution is -2.18. The van der Waals surface area contributed by atoms with Crippen LogP contribution in [0.4, 0.5) is 5.82 Å². The van der Waals surface area contributed by atoms with Crippen LogP contribution in [-0.2, 0) is 6.54 Å². The van der Waals surface area contributed by atoms with Gasteiger partial charge in [0.2, 0.25) is 0 Å². The van der Waals surface area contributed by atoms with E-state index in [4.69, 9.17) is 5.26 Å². The molecule has 2 heterocycles. The van der Waals surface area contributed by atoms with E-state index < -0.39 is 0 Å². The second-order valence-corrected chi connectivity index (χ2v) is 4.00. The average molecular weight is 239 g/mol. The van der Waals surface area contributed by atoms with Crippen molar-refractivity contribution in [2.45, 2.75) is 13.5 Å². The molecule has 0 aromatic carbocycles. The highest BCUT2D eigenvalue weighted by Gasteiger charge is 2.05. The van der Waals surface area contributed by atoms with E-state index in [1.54, 1.807) is 6.20 Å². The van der Waals surface area contributed by atoms with Crippen molar-refractivity contribution in [3.05, 3.63) is 47.7 Å². The van der Waals surface area contributed by atoms with Crippen molar-refractivity contribution in [2.24, 2.45) is 0 Å². The van der Waals surface area contributed by atoms with Gasteiger partial charge in [-0.15, -0.1) is 0 Å². The van der Waals surface area contributed by atoms with Crippen LogP contribution in [0.15, 0.2) is 30.6 Å². The minimum atomic E-state index is 0.320. The van der Waals surface area contributed by atoms with E-state index in [1.807, 2.05) is 43.1 Å². The van der Waals surface area contributed by atoms with Gasteiger partial charge < -0.3 is 4.90 Å². The van der Waals surface area contributed by atoms with E-state index in [0.717, 1.165) is 17.2 Å². The molecule has 0 amide bonds. The molecule has 0 N–H and O–H groups in total. The van der Waals surface area contributed by atoms with Gasteiger partial charge in [0.05, 0.1) is 24.6 Å². The highest BCUT2D eigenvalue weighted by molar-refractivity contribution is 5.36. The van der Waals surface area contributed by atoms with Crippen LogP contribution >= 0.6 is 0 Å². The maximum atomic E-state index is 8.66. The third-order valence-corrected chi connectivity index (χ3v) is 2.49. The van der Waals surface area contributed by atoms with Gasteiger partial charge in [-0.1, -0.05) is 6.07 Å². The molecule has 0 unspecified atom stereocenters. The van der Waals surface area contributed by atoms with Crippen molar-refractivity contribution in [2.75, 3.05) is 11.9 Å². The lowest BCUT2D eigenvalue weighted by Gasteiger charge is -2.17. The number of pyridine rings is 1. The lowest BCUT2D eigenvalue weighted by molar-refractivity contribution is 0.853. The summed E-state index contributed by atoms with van der Waals surface area (Å²) in [6, 6.07) is 7.86. The van der Waals surface area contributed by atoms with Gasteiger partial charge in [0.1, 0.15) is 11.9 Å². The molecule has 5 heteroatoms. The zero-order valence-corrected chi connectivity index (χ0v) is 10.3. The first-order valence-corrected chi connectivity index (χ1v) is 5.55. The van der Waals surface area contributed by atoms with Gasteiger partial charge in [-0.2, -0.15) is 5.26 Å².